The molecule has 0 fully saturated rings. The van der Waals surface area contributed by atoms with E-state index in [1.165, 1.54) is 18.2 Å². The maximum Gasteiger partial charge on any atom is 0.422 e. The van der Waals surface area contributed by atoms with Crippen molar-refractivity contribution in [3.8, 4) is 5.75 Å². The number of aromatic nitrogens is 2. The number of hydrogen-bond acceptors (Lipinski definition) is 5. The van der Waals surface area contributed by atoms with Gasteiger partial charge in [-0.25, -0.2) is 4.98 Å². The lowest BCUT2D eigenvalue weighted by Gasteiger charge is -2.13. The minimum absolute atomic E-state index is 0.0888. The minimum Gasteiger partial charge on any atom is -0.482 e. The fourth-order valence-electron chi connectivity index (χ4n) is 3.33. The van der Waals surface area contributed by atoms with Gasteiger partial charge >= 0.3 is 6.18 Å². The number of nitrogens with one attached hydrogen (secondary N) is 1. The maximum atomic E-state index is 12.8. The van der Waals surface area contributed by atoms with E-state index < -0.39 is 18.7 Å². The number of aryl methyl sites for hydroxylation is 2. The van der Waals surface area contributed by atoms with Crippen molar-refractivity contribution in [1.82, 2.24) is 9.55 Å². The SMILES string of the molecule is Cc1c(C(=O)Nc2ccccc2OCC(F)(F)F)sc2nc3n(c(=O)c12)CCC3. The number of hydrogen-bond donors (Lipinski definition) is 1. The highest BCUT2D eigenvalue weighted by Gasteiger charge is 2.29. The number of ether oxygens (including phenoxy) is 1. The average Bonchev–Trinajstić information content (AvgIpc) is 3.25. The predicted molar refractivity (Wildman–Crippen MR) is 103 cm³/mol. The number of fused-ring (bicyclic) bond motifs is 2. The van der Waals surface area contributed by atoms with Crippen LogP contribution < -0.4 is 15.6 Å². The number of nitrogens with zero attached hydrogens (tertiary/aromatic N) is 2. The summed E-state index contributed by atoms with van der Waals surface area (Å²) in [7, 11) is 0. The Morgan fingerprint density at radius 3 is 2.86 bits per heavy atom. The first kappa shape index (κ1) is 19.4. The van der Waals surface area contributed by atoms with Crippen molar-refractivity contribution in [2.45, 2.75) is 32.5 Å². The van der Waals surface area contributed by atoms with Crippen LogP contribution in [0, 0.1) is 6.92 Å². The molecule has 3 heterocycles. The monoisotopic (exact) mass is 423 g/mol. The second kappa shape index (κ2) is 7.18. The number of para-hydroxylation sites is 2. The van der Waals surface area contributed by atoms with Gasteiger partial charge in [0.2, 0.25) is 0 Å². The van der Waals surface area contributed by atoms with Gasteiger partial charge in [-0.1, -0.05) is 12.1 Å². The van der Waals surface area contributed by atoms with Crippen molar-refractivity contribution in [1.29, 1.82) is 0 Å². The molecule has 0 aliphatic carbocycles. The van der Waals surface area contributed by atoms with Crippen LogP contribution in [0.3, 0.4) is 0 Å². The van der Waals surface area contributed by atoms with E-state index in [4.69, 9.17) is 4.74 Å². The molecule has 0 saturated heterocycles. The van der Waals surface area contributed by atoms with Gasteiger partial charge in [0.05, 0.1) is 16.0 Å². The number of rotatable bonds is 4. The third-order valence-corrected chi connectivity index (χ3v) is 5.83. The van der Waals surface area contributed by atoms with Gasteiger partial charge in [0, 0.05) is 13.0 Å². The number of alkyl halides is 3. The summed E-state index contributed by atoms with van der Waals surface area (Å²) in [5, 5.41) is 2.99. The first-order chi connectivity index (χ1) is 13.7. The number of anilines is 1. The predicted octanol–water partition coefficient (Wildman–Crippen LogP) is 3.91. The van der Waals surface area contributed by atoms with Crippen LogP contribution in [0.25, 0.3) is 10.2 Å². The van der Waals surface area contributed by atoms with Crippen LogP contribution in [-0.4, -0.2) is 28.2 Å². The Morgan fingerprint density at radius 2 is 2.10 bits per heavy atom. The van der Waals surface area contributed by atoms with Crippen LogP contribution in [0.4, 0.5) is 18.9 Å². The van der Waals surface area contributed by atoms with Gasteiger partial charge in [-0.3, -0.25) is 14.2 Å². The Balaban J connectivity index is 1.65. The molecule has 2 aromatic heterocycles. The molecule has 3 aromatic rings. The maximum absolute atomic E-state index is 12.8. The molecule has 0 bridgehead atoms. The number of carbonyl (C=O) groups is 1. The molecule has 0 unspecified atom stereocenters. The molecular formula is C19H16F3N3O3S. The van der Waals surface area contributed by atoms with Gasteiger partial charge in [0.15, 0.2) is 6.61 Å². The summed E-state index contributed by atoms with van der Waals surface area (Å²) in [5.41, 5.74) is 0.464. The highest BCUT2D eigenvalue weighted by Crippen LogP contribution is 2.31. The Kier molecular flexibility index (Phi) is 4.81. The third-order valence-electron chi connectivity index (χ3n) is 4.64. The summed E-state index contributed by atoms with van der Waals surface area (Å²) in [6.45, 7) is 0.816. The largest absolute Gasteiger partial charge is 0.482 e. The molecular weight excluding hydrogens is 407 g/mol. The van der Waals surface area contributed by atoms with Crippen molar-refractivity contribution in [2.24, 2.45) is 0 Å². The Labute approximate surface area is 166 Å². The van der Waals surface area contributed by atoms with Crippen molar-refractivity contribution in [3.63, 3.8) is 0 Å². The van der Waals surface area contributed by atoms with Crippen LogP contribution in [0.2, 0.25) is 0 Å². The van der Waals surface area contributed by atoms with Crippen molar-refractivity contribution < 1.29 is 22.7 Å². The van der Waals surface area contributed by atoms with E-state index in [1.807, 2.05) is 0 Å². The van der Waals surface area contributed by atoms with Gasteiger partial charge in [-0.2, -0.15) is 13.2 Å². The third kappa shape index (κ3) is 3.71. The second-order valence-electron chi connectivity index (χ2n) is 6.68. The molecule has 29 heavy (non-hydrogen) atoms. The van der Waals surface area contributed by atoms with Crippen molar-refractivity contribution in [3.05, 3.63) is 50.9 Å². The fourth-order valence-corrected chi connectivity index (χ4v) is 4.41. The van der Waals surface area contributed by atoms with Gasteiger partial charge < -0.3 is 10.1 Å². The summed E-state index contributed by atoms with van der Waals surface area (Å²) >= 11 is 1.10. The van der Waals surface area contributed by atoms with Gasteiger partial charge in [-0.15, -0.1) is 11.3 Å². The lowest BCUT2D eigenvalue weighted by molar-refractivity contribution is -0.153. The number of benzene rings is 1. The van der Waals surface area contributed by atoms with E-state index in [1.54, 1.807) is 17.6 Å². The zero-order valence-corrected chi connectivity index (χ0v) is 16.1. The molecule has 1 aliphatic heterocycles. The van der Waals surface area contributed by atoms with Crippen LogP contribution in [-0.2, 0) is 13.0 Å². The molecule has 10 heteroatoms. The number of halogens is 3. The molecule has 0 spiro atoms. The fraction of sp³-hybridized carbons (Fsp3) is 0.316. The number of amides is 1. The Bertz CT molecular complexity index is 1170. The highest BCUT2D eigenvalue weighted by atomic mass is 32.1. The molecule has 1 aliphatic rings. The van der Waals surface area contributed by atoms with Crippen LogP contribution in [0.15, 0.2) is 29.1 Å². The van der Waals surface area contributed by atoms with Gasteiger partial charge in [-0.05, 0) is 31.0 Å². The summed E-state index contributed by atoms with van der Waals surface area (Å²) < 4.78 is 43.8. The molecule has 4 rings (SSSR count). The van der Waals surface area contributed by atoms with Crippen LogP contribution in [0.5, 0.6) is 5.75 Å². The first-order valence-electron chi connectivity index (χ1n) is 8.87. The lowest BCUT2D eigenvalue weighted by Crippen LogP contribution is -2.21. The topological polar surface area (TPSA) is 73.2 Å². The zero-order valence-electron chi connectivity index (χ0n) is 15.3. The van der Waals surface area contributed by atoms with E-state index in [9.17, 15) is 22.8 Å². The second-order valence-corrected chi connectivity index (χ2v) is 7.68. The number of carbonyl (C=O) groups excluding carboxylic acids is 1. The zero-order chi connectivity index (χ0) is 20.8. The van der Waals surface area contributed by atoms with Crippen LogP contribution in [0.1, 0.15) is 27.5 Å². The molecule has 1 amide bonds. The molecule has 1 aromatic carbocycles. The molecule has 152 valence electrons. The molecule has 0 radical (unpaired) electrons. The minimum atomic E-state index is -4.49. The normalized spacial score (nSPS) is 13.5. The Morgan fingerprint density at radius 1 is 1.34 bits per heavy atom. The van der Waals surface area contributed by atoms with Gasteiger partial charge in [0.1, 0.15) is 16.4 Å². The molecule has 0 saturated carbocycles. The van der Waals surface area contributed by atoms with Crippen molar-refractivity contribution >= 4 is 33.1 Å². The average molecular weight is 423 g/mol. The molecule has 1 N–H and O–H groups in total. The Hall–Kier alpha value is -2.88. The summed E-state index contributed by atoms with van der Waals surface area (Å²) in [4.78, 5) is 30.8. The standard InChI is InChI=1S/C19H16F3N3O3S/c1-10-14-17(24-13-7-4-8-25(13)18(14)27)29-15(10)16(26)23-11-5-2-3-6-12(11)28-9-19(20,21)22/h2-3,5-6H,4,7-9H2,1H3,(H,23,26). The van der Waals surface area contributed by atoms with E-state index >= 15 is 0 Å². The quantitative estimate of drug-likeness (QED) is 0.691. The van der Waals surface area contributed by atoms with E-state index in [0.717, 1.165) is 17.8 Å². The van der Waals surface area contributed by atoms with E-state index in [2.05, 4.69) is 10.3 Å². The number of thiophene rings is 1. The summed E-state index contributed by atoms with van der Waals surface area (Å²) in [6, 6.07) is 5.89. The molecule has 0 atom stereocenters. The van der Waals surface area contributed by atoms with Crippen LogP contribution >= 0.6 is 11.3 Å². The van der Waals surface area contributed by atoms with E-state index in [0.29, 0.717) is 39.4 Å². The first-order valence-corrected chi connectivity index (χ1v) is 9.69. The van der Waals surface area contributed by atoms with E-state index in [-0.39, 0.29) is 17.0 Å². The van der Waals surface area contributed by atoms with Crippen molar-refractivity contribution in [2.75, 3.05) is 11.9 Å². The summed E-state index contributed by atoms with van der Waals surface area (Å²) in [5.74, 6) is 0.0915. The highest BCUT2D eigenvalue weighted by molar-refractivity contribution is 7.20. The summed E-state index contributed by atoms with van der Waals surface area (Å²) in [6.07, 6.45) is -2.92. The lowest BCUT2D eigenvalue weighted by atomic mass is 10.2. The molecule has 6 nitrogen and oxygen atoms in total. The smallest absolute Gasteiger partial charge is 0.422 e. The van der Waals surface area contributed by atoms with Gasteiger partial charge in [0.25, 0.3) is 11.5 Å².